The van der Waals surface area contributed by atoms with E-state index in [1.165, 1.54) is 6.92 Å². The monoisotopic (exact) mass is 1090 g/mol. The molecule has 0 fully saturated rings. The van der Waals surface area contributed by atoms with Gasteiger partial charge in [0.15, 0.2) is 0 Å². The maximum absolute atomic E-state index is 12.5. The number of aliphatic hydroxyl groups is 1. The number of alkyl halides is 1. The number of aliphatic hydroxyl groups excluding tert-OH is 1. The molecule has 0 aromatic carbocycles. The first-order chi connectivity index (χ1) is 28.9. The van der Waals surface area contributed by atoms with Crippen LogP contribution in [0.2, 0.25) is 0 Å². The minimum atomic E-state index is -5.24. The topological polar surface area (TPSA) is 500 Å². The average molecular weight is 1090 g/mol. The van der Waals surface area contributed by atoms with Crippen LogP contribution in [0, 0.1) is 11.8 Å². The Balaban J connectivity index is 4.24. The van der Waals surface area contributed by atoms with E-state index in [0.717, 1.165) is 0 Å². The van der Waals surface area contributed by atoms with Gasteiger partial charge < -0.3 is 117 Å². The Morgan fingerprint density at radius 3 is 0.746 bits per heavy atom. The molecule has 63 heavy (non-hydrogen) atoms. The summed E-state index contributed by atoms with van der Waals surface area (Å²) in [7, 11) is -41.2. The van der Waals surface area contributed by atoms with Crippen LogP contribution in [0.4, 0.5) is 4.39 Å². The van der Waals surface area contributed by atoms with E-state index in [-0.39, 0.29) is 6.42 Å². The normalized spacial score (nSPS) is 21.0. The molecule has 0 saturated carbocycles. The number of phosphoric acid groups is 8. The Hall–Kier alpha value is 0.770. The molecule has 0 aromatic rings. The Bertz CT molecular complexity index is 1680. The van der Waals surface area contributed by atoms with Gasteiger partial charge in [0.2, 0.25) is 0 Å². The lowest BCUT2D eigenvalue weighted by Gasteiger charge is -2.27. The molecule has 0 saturated heterocycles. The summed E-state index contributed by atoms with van der Waals surface area (Å²) >= 11 is 0. The molecule has 10 unspecified atom stereocenters. The summed E-state index contributed by atoms with van der Waals surface area (Å²) in [5.41, 5.74) is 0. The van der Waals surface area contributed by atoms with E-state index < -0.39 is 187 Å². The van der Waals surface area contributed by atoms with Crippen LogP contribution in [-0.2, 0) is 104 Å². The van der Waals surface area contributed by atoms with Crippen LogP contribution in [0.5, 0.6) is 0 Å². The second-order valence-corrected chi connectivity index (χ2v) is 22.0. The lowest BCUT2D eigenvalue weighted by atomic mass is 10.1. The summed E-state index contributed by atoms with van der Waals surface area (Å²) in [5.74, 6) is -1.96. The molecular weight excluding hydrogens is 1050 g/mol. The summed E-state index contributed by atoms with van der Waals surface area (Å²) in [6.45, 7) is -14.0. The van der Waals surface area contributed by atoms with E-state index in [9.17, 15) is 80.1 Å². The Morgan fingerprint density at radius 1 is 0.381 bits per heavy atom. The van der Waals surface area contributed by atoms with Gasteiger partial charge in [0.05, 0.1) is 112 Å². The van der Waals surface area contributed by atoms with E-state index in [1.807, 2.05) is 0 Å². The second kappa shape index (κ2) is 31.1. The fourth-order valence-corrected chi connectivity index (χ4v) is 8.36. The predicted molar refractivity (Wildman–Crippen MR) is 183 cm³/mol. The van der Waals surface area contributed by atoms with E-state index in [4.69, 9.17) is 10.00 Å². The van der Waals surface area contributed by atoms with Crippen LogP contribution in [0.25, 0.3) is 0 Å². The average Bonchev–Trinajstić information content (AvgIpc) is 3.16. The lowest BCUT2D eigenvalue weighted by molar-refractivity contribution is -0.238. The van der Waals surface area contributed by atoms with Crippen molar-refractivity contribution in [1.29, 1.82) is 0 Å². The van der Waals surface area contributed by atoms with Gasteiger partial charge in [-0.3, -0.25) is 40.9 Å². The van der Waals surface area contributed by atoms with Crippen molar-refractivity contribution in [3.8, 4) is 0 Å². The molecule has 0 bridgehead atoms. The molecular formula is C21H43FO33P8-8. The van der Waals surface area contributed by atoms with Crippen molar-refractivity contribution in [2.24, 2.45) is 11.8 Å². The van der Waals surface area contributed by atoms with E-state index >= 15 is 0 Å². The van der Waals surface area contributed by atoms with Gasteiger partial charge in [-0.25, -0.2) is 0 Å². The van der Waals surface area contributed by atoms with Crippen molar-refractivity contribution < 1.29 is 158 Å². The maximum atomic E-state index is 12.5. The smallest absolute Gasteiger partial charge is 0.268 e. The minimum absolute atomic E-state index is 0.160. The SMILES string of the molecule is CCC(COP(=O)([O-])O)COP(=O)([O-])OCCOP(=O)([O-])OCCOP(=O)([O-])OCCOP(=O)([O-])OCCOP(=O)([O-])OCCOP(=O)([O-])OCCOP(=O)([O-])OCC(CO)CF. The molecule has 42 heteroatoms. The van der Waals surface area contributed by atoms with Gasteiger partial charge in [-0.15, -0.1) is 0 Å². The standard InChI is InChI=1S/C21H51FO33P8/c1-2-20(17-53-56(24,25)26)18-54-62(37,38)51-13-11-49-60(33,34)47-9-7-45-58(29,30)43-5-3-41-57(27,28)42-4-6-44-59(31,32)46-8-10-48-61(35,36)50-12-14-52-63(39,40)55-19-21(15-22)16-23/h20-21,23H,2-19H2,1H3,(H,27,28)(H,29,30)(H,31,32)(H,33,34)(H,35,36)(H,37,38)(H,39,40)(H2,24,25,26)/p-8. The maximum Gasteiger partial charge on any atom is 0.268 e. The molecule has 0 amide bonds. The molecule has 380 valence electrons. The van der Waals surface area contributed by atoms with Crippen LogP contribution in [0.3, 0.4) is 0 Å². The summed E-state index contributed by atoms with van der Waals surface area (Å²) in [4.78, 5) is 101. The zero-order valence-electron chi connectivity index (χ0n) is 32.4. The summed E-state index contributed by atoms with van der Waals surface area (Å²) in [5, 5.41) is 8.79. The highest BCUT2D eigenvalue weighted by Gasteiger charge is 2.20. The summed E-state index contributed by atoms with van der Waals surface area (Å²) in [6, 6.07) is 0. The fraction of sp³-hybridized carbons (Fsp3) is 1.00. The van der Waals surface area contributed by atoms with Gasteiger partial charge in [0.1, 0.15) is 0 Å². The third kappa shape index (κ3) is 37.4. The third-order valence-electron chi connectivity index (χ3n) is 5.96. The Labute approximate surface area is 357 Å². The van der Waals surface area contributed by atoms with Gasteiger partial charge in [0, 0.05) is 11.8 Å². The lowest BCUT2D eigenvalue weighted by Crippen LogP contribution is -2.20. The summed E-state index contributed by atoms with van der Waals surface area (Å²) < 4.78 is 170. The number of phosphoric ester groups is 8. The van der Waals surface area contributed by atoms with Gasteiger partial charge >= 0.3 is 0 Å². The first-order valence-corrected chi connectivity index (χ1v) is 28.6. The predicted octanol–water partition coefficient (Wildman–Crippen LogP) is -3.42. The molecule has 2 N–H and O–H groups in total. The first kappa shape index (κ1) is 63.8. The van der Waals surface area contributed by atoms with Crippen molar-refractivity contribution in [1.82, 2.24) is 0 Å². The van der Waals surface area contributed by atoms with Crippen molar-refractivity contribution >= 4 is 62.6 Å². The highest BCUT2D eigenvalue weighted by molar-refractivity contribution is 7.47. The zero-order chi connectivity index (χ0) is 48.5. The number of hydrogen-bond donors (Lipinski definition) is 2. The fourth-order valence-electron chi connectivity index (χ4n) is 3.07. The van der Waals surface area contributed by atoms with Crippen LogP contribution in [-0.4, -0.2) is 122 Å². The molecule has 0 aliphatic carbocycles. The van der Waals surface area contributed by atoms with Crippen LogP contribution < -0.4 is 39.1 Å². The minimum Gasteiger partial charge on any atom is -0.756 e. The van der Waals surface area contributed by atoms with E-state index in [0.29, 0.717) is 0 Å². The number of halogens is 1. The van der Waals surface area contributed by atoms with Crippen LogP contribution in [0.1, 0.15) is 13.3 Å². The molecule has 33 nitrogen and oxygen atoms in total. The Morgan fingerprint density at radius 2 is 0.571 bits per heavy atom. The Kier molecular flexibility index (Phi) is 31.5. The van der Waals surface area contributed by atoms with Gasteiger partial charge in [-0.05, 0) is 6.42 Å². The quantitative estimate of drug-likeness (QED) is 0.0444. The molecule has 0 aliphatic rings. The van der Waals surface area contributed by atoms with Gasteiger partial charge in [-0.1, -0.05) is 6.92 Å². The highest BCUT2D eigenvalue weighted by Crippen LogP contribution is 2.45. The molecule has 0 rings (SSSR count). The second-order valence-electron chi connectivity index (χ2n) is 11.0. The van der Waals surface area contributed by atoms with Gasteiger partial charge in [-0.2, -0.15) is 0 Å². The van der Waals surface area contributed by atoms with E-state index in [1.54, 1.807) is 0 Å². The molecule has 0 heterocycles. The molecule has 0 spiro atoms. The summed E-state index contributed by atoms with van der Waals surface area (Å²) in [6.07, 6.45) is 0.160. The zero-order valence-corrected chi connectivity index (χ0v) is 39.5. The van der Waals surface area contributed by atoms with Crippen molar-refractivity contribution in [2.45, 2.75) is 13.3 Å². The van der Waals surface area contributed by atoms with Gasteiger partial charge in [0.25, 0.3) is 62.6 Å². The molecule has 0 radical (unpaired) electrons. The first-order valence-electron chi connectivity index (χ1n) is 16.9. The van der Waals surface area contributed by atoms with Crippen molar-refractivity contribution in [2.75, 3.05) is 112 Å². The molecule has 10 atom stereocenters. The van der Waals surface area contributed by atoms with Crippen molar-refractivity contribution in [3.63, 3.8) is 0 Å². The highest BCUT2D eigenvalue weighted by atomic mass is 31.2. The molecule has 0 aliphatic heterocycles. The van der Waals surface area contributed by atoms with Crippen LogP contribution in [0.15, 0.2) is 0 Å². The largest absolute Gasteiger partial charge is 0.756 e. The number of rotatable bonds is 42. The molecule has 0 aromatic heterocycles. The van der Waals surface area contributed by atoms with E-state index in [2.05, 4.69) is 67.9 Å². The third-order valence-corrected chi connectivity index (χ3v) is 13.3. The van der Waals surface area contributed by atoms with Crippen molar-refractivity contribution in [3.05, 3.63) is 0 Å². The number of hydrogen-bond acceptors (Lipinski definition) is 32. The van der Waals surface area contributed by atoms with Crippen LogP contribution >= 0.6 is 62.6 Å².